The zero-order valence-electron chi connectivity index (χ0n) is 10.1. The molecule has 0 aliphatic rings. The Morgan fingerprint density at radius 3 is 2.79 bits per heavy atom. The Balaban J connectivity index is 2.13. The van der Waals surface area contributed by atoms with Crippen molar-refractivity contribution in [3.8, 4) is 22.9 Å². The van der Waals surface area contributed by atoms with Crippen molar-refractivity contribution < 1.29 is 14.2 Å². The first-order chi connectivity index (χ1) is 9.17. The van der Waals surface area contributed by atoms with Crippen LogP contribution in [0.4, 0.5) is 4.39 Å². The molecule has 5 heteroatoms. The molecule has 0 saturated carbocycles. The lowest BCUT2D eigenvalue weighted by Gasteiger charge is -2.02. The van der Waals surface area contributed by atoms with Gasteiger partial charge >= 0.3 is 0 Å². The predicted molar refractivity (Wildman–Crippen MR) is 69.7 cm³/mol. The lowest BCUT2D eigenvalue weighted by Crippen LogP contribution is -1.89. The fraction of sp³-hybridized carbons (Fsp3) is 0.0714. The summed E-state index contributed by atoms with van der Waals surface area (Å²) in [4.78, 5) is 7.27. The molecule has 0 amide bonds. The Bertz CT molecular complexity index is 752. The van der Waals surface area contributed by atoms with Gasteiger partial charge in [-0.15, -0.1) is 0 Å². The van der Waals surface area contributed by atoms with Crippen molar-refractivity contribution in [3.05, 3.63) is 42.2 Å². The van der Waals surface area contributed by atoms with Crippen molar-refractivity contribution >= 4 is 11.0 Å². The van der Waals surface area contributed by atoms with Gasteiger partial charge in [0.25, 0.3) is 0 Å². The molecule has 1 heterocycles. The molecule has 0 aliphatic carbocycles. The van der Waals surface area contributed by atoms with Crippen LogP contribution in [0.5, 0.6) is 11.5 Å². The maximum absolute atomic E-state index is 13.9. The van der Waals surface area contributed by atoms with Crippen LogP contribution in [0.25, 0.3) is 22.4 Å². The summed E-state index contributed by atoms with van der Waals surface area (Å²) in [7, 11) is 1.48. The summed E-state index contributed by atoms with van der Waals surface area (Å²) in [6.45, 7) is 0. The molecular formula is C14H11FN2O2. The molecule has 3 rings (SSSR count). The van der Waals surface area contributed by atoms with E-state index in [9.17, 15) is 9.50 Å². The van der Waals surface area contributed by atoms with Gasteiger partial charge in [0.15, 0.2) is 0 Å². The van der Waals surface area contributed by atoms with E-state index in [1.165, 1.54) is 19.2 Å². The highest BCUT2D eigenvalue weighted by Gasteiger charge is 2.11. The molecular weight excluding hydrogens is 247 g/mol. The lowest BCUT2D eigenvalue weighted by molar-refractivity contribution is 0.411. The number of aromatic nitrogens is 2. The number of benzene rings is 2. The Kier molecular flexibility index (Phi) is 2.59. The second-order valence-electron chi connectivity index (χ2n) is 4.13. The number of nitrogens with zero attached hydrogens (tertiary/aromatic N) is 1. The average molecular weight is 258 g/mol. The number of phenolic OH excluding ortho intramolecular Hbond substituents is 1. The summed E-state index contributed by atoms with van der Waals surface area (Å²) in [5.41, 5.74) is 1.68. The molecule has 3 aromatic rings. The average Bonchev–Trinajstić information content (AvgIpc) is 2.81. The third-order valence-corrected chi connectivity index (χ3v) is 2.90. The van der Waals surface area contributed by atoms with Crippen LogP contribution < -0.4 is 4.74 Å². The van der Waals surface area contributed by atoms with Crippen LogP contribution in [0.15, 0.2) is 36.4 Å². The van der Waals surface area contributed by atoms with Gasteiger partial charge in [0.2, 0.25) is 0 Å². The van der Waals surface area contributed by atoms with Crippen molar-refractivity contribution in [1.29, 1.82) is 0 Å². The zero-order valence-corrected chi connectivity index (χ0v) is 10.1. The quantitative estimate of drug-likeness (QED) is 0.742. The predicted octanol–water partition coefficient (Wildman–Crippen LogP) is 3.08. The number of phenols is 1. The Labute approximate surface area is 108 Å². The van der Waals surface area contributed by atoms with Crippen LogP contribution >= 0.6 is 0 Å². The number of aromatic hydroxyl groups is 1. The van der Waals surface area contributed by atoms with Crippen LogP contribution in [-0.2, 0) is 0 Å². The van der Waals surface area contributed by atoms with Gasteiger partial charge in [0, 0.05) is 12.1 Å². The van der Waals surface area contributed by atoms with Gasteiger partial charge in [-0.05, 0) is 24.3 Å². The minimum Gasteiger partial charge on any atom is -0.508 e. The molecule has 0 aliphatic heterocycles. The molecule has 0 fully saturated rings. The van der Waals surface area contributed by atoms with Gasteiger partial charge in [0.1, 0.15) is 23.1 Å². The van der Waals surface area contributed by atoms with E-state index in [4.69, 9.17) is 4.74 Å². The fourth-order valence-electron chi connectivity index (χ4n) is 1.94. The van der Waals surface area contributed by atoms with Crippen molar-refractivity contribution in [2.75, 3.05) is 7.11 Å². The van der Waals surface area contributed by atoms with Gasteiger partial charge in [-0.25, -0.2) is 9.37 Å². The van der Waals surface area contributed by atoms with E-state index >= 15 is 0 Å². The molecule has 0 radical (unpaired) electrons. The number of H-pyrrole nitrogens is 1. The van der Waals surface area contributed by atoms with E-state index in [1.807, 2.05) is 0 Å². The van der Waals surface area contributed by atoms with E-state index in [0.29, 0.717) is 28.2 Å². The summed E-state index contributed by atoms with van der Waals surface area (Å²) in [5.74, 6) is 0.594. The number of aromatic amines is 1. The van der Waals surface area contributed by atoms with Crippen molar-refractivity contribution in [1.82, 2.24) is 9.97 Å². The maximum Gasteiger partial charge on any atom is 0.141 e. The standard InChI is InChI=1S/C14H11FN2O2/c1-19-9-3-4-10(11(15)7-9)14-16-12-5-2-8(18)6-13(12)17-14/h2-7,18H,1H3,(H,16,17). The number of methoxy groups -OCH3 is 1. The van der Waals surface area contributed by atoms with Gasteiger partial charge in [-0.2, -0.15) is 0 Å². The molecule has 2 N–H and O–H groups in total. The van der Waals surface area contributed by atoms with E-state index in [0.717, 1.165) is 0 Å². The van der Waals surface area contributed by atoms with E-state index in [-0.39, 0.29) is 5.75 Å². The third-order valence-electron chi connectivity index (χ3n) is 2.90. The van der Waals surface area contributed by atoms with Gasteiger partial charge < -0.3 is 14.8 Å². The minimum absolute atomic E-state index is 0.137. The van der Waals surface area contributed by atoms with Gasteiger partial charge in [0.05, 0.1) is 23.7 Å². The van der Waals surface area contributed by atoms with Crippen LogP contribution in [0, 0.1) is 5.82 Å². The number of hydrogen-bond donors (Lipinski definition) is 2. The van der Waals surface area contributed by atoms with E-state index < -0.39 is 5.82 Å². The number of imidazole rings is 1. The molecule has 19 heavy (non-hydrogen) atoms. The number of nitrogens with one attached hydrogen (secondary N) is 1. The molecule has 0 bridgehead atoms. The molecule has 0 saturated heterocycles. The first-order valence-corrected chi connectivity index (χ1v) is 5.70. The molecule has 1 aromatic heterocycles. The second kappa shape index (κ2) is 4.28. The summed E-state index contributed by atoms with van der Waals surface area (Å²) >= 11 is 0. The van der Waals surface area contributed by atoms with Gasteiger partial charge in [-0.1, -0.05) is 0 Å². The minimum atomic E-state index is -0.414. The molecule has 0 atom stereocenters. The summed E-state index contributed by atoms with van der Waals surface area (Å²) in [6.07, 6.45) is 0. The van der Waals surface area contributed by atoms with Crippen LogP contribution in [0.3, 0.4) is 0 Å². The van der Waals surface area contributed by atoms with Gasteiger partial charge in [-0.3, -0.25) is 0 Å². The van der Waals surface area contributed by atoms with Crippen molar-refractivity contribution in [3.63, 3.8) is 0 Å². The molecule has 4 nitrogen and oxygen atoms in total. The number of halogens is 1. The highest BCUT2D eigenvalue weighted by atomic mass is 19.1. The smallest absolute Gasteiger partial charge is 0.141 e. The van der Waals surface area contributed by atoms with Crippen molar-refractivity contribution in [2.24, 2.45) is 0 Å². The monoisotopic (exact) mass is 258 g/mol. The Morgan fingerprint density at radius 2 is 2.05 bits per heavy atom. The van der Waals surface area contributed by atoms with Crippen LogP contribution in [0.1, 0.15) is 0 Å². The summed E-state index contributed by atoms with van der Waals surface area (Å²) in [6, 6.07) is 9.34. The number of hydrogen-bond acceptors (Lipinski definition) is 3. The SMILES string of the molecule is COc1ccc(-c2nc3ccc(O)cc3[nH]2)c(F)c1. The summed E-state index contributed by atoms with van der Waals surface area (Å²) < 4.78 is 18.9. The second-order valence-corrected chi connectivity index (χ2v) is 4.13. The van der Waals surface area contributed by atoms with Crippen LogP contribution in [0.2, 0.25) is 0 Å². The molecule has 0 spiro atoms. The fourth-order valence-corrected chi connectivity index (χ4v) is 1.94. The Morgan fingerprint density at radius 1 is 1.21 bits per heavy atom. The topological polar surface area (TPSA) is 58.1 Å². The maximum atomic E-state index is 13.9. The highest BCUT2D eigenvalue weighted by Crippen LogP contribution is 2.27. The Hall–Kier alpha value is -2.56. The summed E-state index contributed by atoms with van der Waals surface area (Å²) in [5, 5.41) is 9.39. The number of ether oxygens (including phenoxy) is 1. The van der Waals surface area contributed by atoms with Crippen molar-refractivity contribution in [2.45, 2.75) is 0 Å². The number of fused-ring (bicyclic) bond motifs is 1. The third kappa shape index (κ3) is 1.99. The van der Waals surface area contributed by atoms with Crippen LogP contribution in [-0.4, -0.2) is 22.2 Å². The lowest BCUT2D eigenvalue weighted by atomic mass is 10.2. The largest absolute Gasteiger partial charge is 0.508 e. The highest BCUT2D eigenvalue weighted by molar-refractivity contribution is 5.80. The molecule has 2 aromatic carbocycles. The first-order valence-electron chi connectivity index (χ1n) is 5.70. The number of rotatable bonds is 2. The first kappa shape index (κ1) is 11.5. The van der Waals surface area contributed by atoms with E-state index in [1.54, 1.807) is 24.3 Å². The molecule has 0 unspecified atom stereocenters. The zero-order chi connectivity index (χ0) is 13.4. The normalized spacial score (nSPS) is 10.8. The molecule has 96 valence electrons. The van der Waals surface area contributed by atoms with E-state index in [2.05, 4.69) is 9.97 Å².